The second-order valence-corrected chi connectivity index (χ2v) is 3.88. The van der Waals surface area contributed by atoms with Crippen molar-refractivity contribution in [1.82, 2.24) is 0 Å². The van der Waals surface area contributed by atoms with Gasteiger partial charge in [0.1, 0.15) is 0 Å². The minimum atomic E-state index is -1.07. The van der Waals surface area contributed by atoms with Crippen LogP contribution in [0.25, 0.3) is 0 Å². The lowest BCUT2D eigenvalue weighted by molar-refractivity contribution is -0.153. The van der Waals surface area contributed by atoms with Crippen LogP contribution in [0.15, 0.2) is 0 Å². The Hall–Kier alpha value is 0.0500. The van der Waals surface area contributed by atoms with Crippen LogP contribution in [0.4, 0.5) is 0 Å². The molecule has 0 rings (SSSR count). The van der Waals surface area contributed by atoms with Crippen LogP contribution in [0.2, 0.25) is 0 Å². The molecule has 0 aliphatic carbocycles. The molecular weight excluding hydrogens is 187 g/mol. The first-order valence-electron chi connectivity index (χ1n) is 3.37. The van der Waals surface area contributed by atoms with Crippen LogP contribution < -0.4 is 0 Å². The van der Waals surface area contributed by atoms with E-state index in [2.05, 4.69) is 0 Å². The molecule has 0 aromatic heterocycles. The van der Waals surface area contributed by atoms with Crippen molar-refractivity contribution in [1.29, 1.82) is 0 Å². The molecule has 0 heterocycles. The van der Waals surface area contributed by atoms with E-state index in [4.69, 9.17) is 27.9 Å². The van der Waals surface area contributed by atoms with Crippen molar-refractivity contribution in [3.05, 3.63) is 0 Å². The molecule has 0 saturated heterocycles. The Morgan fingerprint density at radius 2 is 2.09 bits per heavy atom. The molecule has 66 valence electrons. The molecule has 1 atom stereocenters. The number of hydrogen-bond donors (Lipinski definition) is 0. The van der Waals surface area contributed by atoms with Crippen molar-refractivity contribution < 1.29 is 9.53 Å². The molecule has 0 amide bonds. The maximum Gasteiger partial charge on any atom is 0.310 e. The minimum absolute atomic E-state index is 0.0903. The average molecular weight is 199 g/mol. The summed E-state index contributed by atoms with van der Waals surface area (Å²) < 4.78 is 4.84. The zero-order valence-corrected chi connectivity index (χ0v) is 8.37. The quantitative estimate of drug-likeness (QED) is 0.515. The summed E-state index contributed by atoms with van der Waals surface area (Å²) in [6, 6.07) is 0. The van der Waals surface area contributed by atoms with Gasteiger partial charge in [-0.25, -0.2) is 0 Å². The summed E-state index contributed by atoms with van der Waals surface area (Å²) in [7, 11) is 0. The number of esters is 1. The molecule has 0 aliphatic heterocycles. The van der Waals surface area contributed by atoms with Crippen LogP contribution in [0, 0.1) is 5.92 Å². The van der Waals surface area contributed by atoms with Crippen LogP contribution >= 0.6 is 23.2 Å². The van der Waals surface area contributed by atoms with Crippen molar-refractivity contribution in [2.24, 2.45) is 5.92 Å². The third-order valence-corrected chi connectivity index (χ3v) is 1.88. The number of rotatable bonds is 3. The lowest BCUT2D eigenvalue weighted by atomic mass is 10.2. The second kappa shape index (κ2) is 4.17. The number of carbonyl (C=O) groups is 1. The van der Waals surface area contributed by atoms with Gasteiger partial charge >= 0.3 is 5.97 Å². The fourth-order valence-electron chi connectivity index (χ4n) is 0.355. The van der Waals surface area contributed by atoms with E-state index in [9.17, 15) is 4.79 Å². The first-order chi connectivity index (χ1) is 4.89. The van der Waals surface area contributed by atoms with Gasteiger partial charge in [-0.3, -0.25) is 4.79 Å². The van der Waals surface area contributed by atoms with E-state index in [1.54, 1.807) is 20.8 Å². The zero-order chi connectivity index (χ0) is 9.07. The van der Waals surface area contributed by atoms with Crippen LogP contribution in [-0.2, 0) is 9.53 Å². The lowest BCUT2D eigenvalue weighted by Gasteiger charge is -2.20. The van der Waals surface area contributed by atoms with Crippen molar-refractivity contribution in [2.45, 2.75) is 25.8 Å². The molecule has 1 unspecified atom stereocenters. The summed E-state index contributed by atoms with van der Waals surface area (Å²) in [6.45, 7) is 5.04. The number of hydrogen-bond acceptors (Lipinski definition) is 2. The summed E-state index contributed by atoms with van der Waals surface area (Å²) in [6.07, 6.45) is 0. The van der Waals surface area contributed by atoms with Gasteiger partial charge in [0, 0.05) is 0 Å². The van der Waals surface area contributed by atoms with Gasteiger partial charge in [0.25, 0.3) is 0 Å². The maximum atomic E-state index is 11.0. The number of halogens is 2. The highest BCUT2D eigenvalue weighted by Crippen LogP contribution is 2.19. The Morgan fingerprint density at radius 1 is 1.64 bits per heavy atom. The highest BCUT2D eigenvalue weighted by Gasteiger charge is 2.25. The van der Waals surface area contributed by atoms with Crippen LogP contribution in [0.5, 0.6) is 0 Å². The largest absolute Gasteiger partial charge is 0.442 e. The fraction of sp³-hybridized carbons (Fsp3) is 0.857. The van der Waals surface area contributed by atoms with E-state index in [1.807, 2.05) is 0 Å². The molecule has 0 aromatic carbocycles. The van der Waals surface area contributed by atoms with Gasteiger partial charge in [0.2, 0.25) is 0 Å². The summed E-state index contributed by atoms with van der Waals surface area (Å²) >= 11 is 11.1. The van der Waals surface area contributed by atoms with E-state index >= 15 is 0 Å². The predicted octanol–water partition coefficient (Wildman–Crippen LogP) is 2.38. The topological polar surface area (TPSA) is 26.3 Å². The number of carbonyl (C=O) groups excluding carboxylic acids is 1. The van der Waals surface area contributed by atoms with Crippen LogP contribution in [0.3, 0.4) is 0 Å². The monoisotopic (exact) mass is 198 g/mol. The van der Waals surface area contributed by atoms with E-state index in [0.717, 1.165) is 0 Å². The third kappa shape index (κ3) is 4.49. The molecule has 0 saturated carbocycles. The Morgan fingerprint density at radius 3 is 2.36 bits per heavy atom. The first-order valence-corrected chi connectivity index (χ1v) is 4.28. The molecule has 2 nitrogen and oxygen atoms in total. The molecule has 0 aromatic rings. The molecule has 0 N–H and O–H groups in total. The van der Waals surface area contributed by atoms with Gasteiger partial charge in [-0.05, 0) is 6.92 Å². The highest BCUT2D eigenvalue weighted by molar-refractivity contribution is 6.30. The Kier molecular flexibility index (Phi) is 4.19. The smallest absolute Gasteiger partial charge is 0.310 e. The SMILES string of the molecule is CC(C)C(=O)OC(C)(Cl)CCl. The van der Waals surface area contributed by atoms with Gasteiger partial charge in [-0.2, -0.15) is 0 Å². The molecule has 4 heteroatoms. The normalized spacial score (nSPS) is 16.2. The lowest BCUT2D eigenvalue weighted by Crippen LogP contribution is -2.29. The summed E-state index contributed by atoms with van der Waals surface area (Å²) in [5.74, 6) is -0.410. The average Bonchev–Trinajstić information content (AvgIpc) is 1.87. The van der Waals surface area contributed by atoms with Crippen LogP contribution in [-0.4, -0.2) is 16.9 Å². The van der Waals surface area contributed by atoms with Crippen LogP contribution in [0.1, 0.15) is 20.8 Å². The Labute approximate surface area is 76.8 Å². The summed E-state index contributed by atoms with van der Waals surface area (Å²) in [5, 5.41) is -1.07. The highest BCUT2D eigenvalue weighted by atomic mass is 35.5. The van der Waals surface area contributed by atoms with E-state index in [1.165, 1.54) is 0 Å². The van der Waals surface area contributed by atoms with Gasteiger partial charge in [0.05, 0.1) is 11.8 Å². The van der Waals surface area contributed by atoms with Gasteiger partial charge < -0.3 is 4.74 Å². The molecule has 0 aliphatic rings. The second-order valence-electron chi connectivity index (χ2n) is 2.81. The van der Waals surface area contributed by atoms with Gasteiger partial charge in [-0.15, -0.1) is 11.6 Å². The fourth-order valence-corrected chi connectivity index (χ4v) is 0.485. The molecule has 0 fully saturated rings. The predicted molar refractivity (Wildman–Crippen MR) is 45.9 cm³/mol. The maximum absolute atomic E-state index is 11.0. The van der Waals surface area contributed by atoms with Crippen molar-refractivity contribution in [3.63, 3.8) is 0 Å². The van der Waals surface area contributed by atoms with Gasteiger partial charge in [-0.1, -0.05) is 25.4 Å². The molecule has 11 heavy (non-hydrogen) atoms. The molecule has 0 radical (unpaired) electrons. The first kappa shape index (κ1) is 11.1. The zero-order valence-electron chi connectivity index (χ0n) is 6.86. The number of alkyl halides is 2. The Bertz CT molecular complexity index is 143. The van der Waals surface area contributed by atoms with E-state index < -0.39 is 5.06 Å². The van der Waals surface area contributed by atoms with Crippen molar-refractivity contribution in [3.8, 4) is 0 Å². The van der Waals surface area contributed by atoms with Gasteiger partial charge in [0.15, 0.2) is 5.06 Å². The minimum Gasteiger partial charge on any atom is -0.442 e. The molecule has 0 spiro atoms. The van der Waals surface area contributed by atoms with E-state index in [0.29, 0.717) is 0 Å². The summed E-state index contributed by atoms with van der Waals surface area (Å²) in [5.41, 5.74) is 0. The standard InChI is InChI=1S/C7H12Cl2O2/c1-5(2)6(10)11-7(3,9)4-8/h5H,4H2,1-3H3. The summed E-state index contributed by atoms with van der Waals surface area (Å²) in [4.78, 5) is 11.0. The third-order valence-electron chi connectivity index (χ3n) is 1.02. The Balaban J connectivity index is 3.94. The molecular formula is C7H12Cl2O2. The number of ether oxygens (including phenoxy) is 1. The van der Waals surface area contributed by atoms with E-state index in [-0.39, 0.29) is 17.8 Å². The van der Waals surface area contributed by atoms with Crippen molar-refractivity contribution >= 4 is 29.2 Å². The van der Waals surface area contributed by atoms with Crippen molar-refractivity contribution in [2.75, 3.05) is 5.88 Å². The molecule has 0 bridgehead atoms.